The highest BCUT2D eigenvalue weighted by molar-refractivity contribution is 4.88. The van der Waals surface area contributed by atoms with Crippen LogP contribution in [0.4, 0.5) is 0 Å². The minimum Gasteiger partial charge on any atom is -0.306 e. The molecule has 0 aromatic rings. The van der Waals surface area contributed by atoms with Crippen molar-refractivity contribution < 1.29 is 0 Å². The van der Waals surface area contributed by atoms with Gasteiger partial charge in [0, 0.05) is 5.54 Å². The predicted octanol–water partition coefficient (Wildman–Crippen LogP) is 1.67. The second kappa shape index (κ2) is 3.97. The predicted molar refractivity (Wildman–Crippen MR) is 58.0 cm³/mol. The Morgan fingerprint density at radius 1 is 1.15 bits per heavy atom. The first-order chi connectivity index (χ1) is 5.94. The van der Waals surface area contributed by atoms with E-state index < -0.39 is 0 Å². The molecular weight excluding hydrogens is 160 g/mol. The molecule has 78 valence electrons. The molecule has 0 aromatic heterocycles. The molecule has 0 aliphatic carbocycles. The first-order valence-electron chi connectivity index (χ1n) is 5.30. The van der Waals surface area contributed by atoms with E-state index in [4.69, 9.17) is 0 Å². The maximum absolute atomic E-state index is 2.43. The monoisotopic (exact) mass is 184 g/mol. The van der Waals surface area contributed by atoms with Gasteiger partial charge in [-0.25, -0.2) is 0 Å². The molecule has 13 heavy (non-hydrogen) atoms. The standard InChI is InChI=1S/C11H24N2/c1-11(2,12(3)4)10-6-8-13(5)9-7-10/h10H,6-9H2,1-5H3. The van der Waals surface area contributed by atoms with Gasteiger partial charge in [-0.2, -0.15) is 0 Å². The van der Waals surface area contributed by atoms with Crippen molar-refractivity contribution in [2.75, 3.05) is 34.2 Å². The van der Waals surface area contributed by atoms with E-state index >= 15 is 0 Å². The zero-order chi connectivity index (χ0) is 10.1. The van der Waals surface area contributed by atoms with Crippen molar-refractivity contribution in [3.63, 3.8) is 0 Å². The SMILES string of the molecule is CN1CCC(C(C)(C)N(C)C)CC1. The molecule has 1 saturated heterocycles. The number of rotatable bonds is 2. The summed E-state index contributed by atoms with van der Waals surface area (Å²) in [5.41, 5.74) is 0.362. The smallest absolute Gasteiger partial charge is 0.0176 e. The molecule has 0 unspecified atom stereocenters. The van der Waals surface area contributed by atoms with Gasteiger partial charge in [0.05, 0.1) is 0 Å². The van der Waals surface area contributed by atoms with Crippen molar-refractivity contribution in [3.8, 4) is 0 Å². The van der Waals surface area contributed by atoms with Crippen LogP contribution in [0.5, 0.6) is 0 Å². The number of hydrogen-bond acceptors (Lipinski definition) is 2. The van der Waals surface area contributed by atoms with Crippen LogP contribution in [0.1, 0.15) is 26.7 Å². The maximum Gasteiger partial charge on any atom is 0.0176 e. The molecule has 2 nitrogen and oxygen atoms in total. The Morgan fingerprint density at radius 3 is 2.00 bits per heavy atom. The number of hydrogen-bond donors (Lipinski definition) is 0. The summed E-state index contributed by atoms with van der Waals surface area (Å²) in [6.45, 7) is 7.26. The minimum atomic E-state index is 0.362. The lowest BCUT2D eigenvalue weighted by Crippen LogP contribution is -2.49. The molecule has 1 aliphatic heterocycles. The van der Waals surface area contributed by atoms with Gasteiger partial charge in [0.2, 0.25) is 0 Å². The molecule has 1 heterocycles. The van der Waals surface area contributed by atoms with Gasteiger partial charge in [-0.05, 0) is 66.8 Å². The summed E-state index contributed by atoms with van der Waals surface area (Å²) in [6.07, 6.45) is 2.70. The Hall–Kier alpha value is -0.0800. The molecule has 0 saturated carbocycles. The van der Waals surface area contributed by atoms with E-state index in [1.165, 1.54) is 25.9 Å². The Labute approximate surface area is 82.9 Å². The summed E-state index contributed by atoms with van der Waals surface area (Å²) in [6, 6.07) is 0. The van der Waals surface area contributed by atoms with E-state index in [1.54, 1.807) is 0 Å². The van der Waals surface area contributed by atoms with Crippen LogP contribution in [0.3, 0.4) is 0 Å². The molecule has 0 N–H and O–H groups in total. The molecule has 0 amide bonds. The van der Waals surface area contributed by atoms with Crippen LogP contribution in [0.2, 0.25) is 0 Å². The van der Waals surface area contributed by atoms with Crippen molar-refractivity contribution in [1.82, 2.24) is 9.80 Å². The second-order valence-electron chi connectivity index (χ2n) is 5.13. The number of nitrogens with zero attached hydrogens (tertiary/aromatic N) is 2. The first-order valence-corrected chi connectivity index (χ1v) is 5.30. The lowest BCUT2D eigenvalue weighted by molar-refractivity contribution is 0.0679. The normalized spacial score (nSPS) is 22.6. The Bertz CT molecular complexity index is 155. The molecule has 1 rings (SSSR count). The van der Waals surface area contributed by atoms with Crippen molar-refractivity contribution in [3.05, 3.63) is 0 Å². The van der Waals surface area contributed by atoms with Crippen LogP contribution in [0.15, 0.2) is 0 Å². The summed E-state index contributed by atoms with van der Waals surface area (Å²) < 4.78 is 0. The lowest BCUT2D eigenvalue weighted by atomic mass is 9.79. The van der Waals surface area contributed by atoms with Crippen LogP contribution in [0.25, 0.3) is 0 Å². The third-order valence-electron chi connectivity index (χ3n) is 3.87. The molecule has 1 fully saturated rings. The van der Waals surface area contributed by atoms with Gasteiger partial charge in [0.1, 0.15) is 0 Å². The maximum atomic E-state index is 2.43. The van der Waals surface area contributed by atoms with Crippen LogP contribution in [-0.2, 0) is 0 Å². The quantitative estimate of drug-likeness (QED) is 0.644. The van der Waals surface area contributed by atoms with E-state index in [1.807, 2.05) is 0 Å². The van der Waals surface area contributed by atoms with Gasteiger partial charge in [-0.1, -0.05) is 0 Å². The summed E-state index contributed by atoms with van der Waals surface area (Å²) in [7, 11) is 6.61. The fourth-order valence-electron chi connectivity index (χ4n) is 2.08. The largest absolute Gasteiger partial charge is 0.306 e. The van der Waals surface area contributed by atoms with Crippen molar-refractivity contribution >= 4 is 0 Å². The fraction of sp³-hybridized carbons (Fsp3) is 1.00. The lowest BCUT2D eigenvalue weighted by Gasteiger charge is -2.43. The molecule has 2 heteroatoms. The van der Waals surface area contributed by atoms with Crippen molar-refractivity contribution in [2.24, 2.45) is 5.92 Å². The Kier molecular flexibility index (Phi) is 3.36. The zero-order valence-corrected chi connectivity index (χ0v) is 9.80. The Balaban J connectivity index is 2.52. The van der Waals surface area contributed by atoms with Crippen LogP contribution in [-0.4, -0.2) is 49.6 Å². The van der Waals surface area contributed by atoms with Gasteiger partial charge >= 0.3 is 0 Å². The van der Waals surface area contributed by atoms with E-state index in [0.29, 0.717) is 5.54 Å². The summed E-state index contributed by atoms with van der Waals surface area (Å²) >= 11 is 0. The number of piperidine rings is 1. The first kappa shape index (κ1) is 11.0. The molecule has 0 atom stereocenters. The van der Waals surface area contributed by atoms with Crippen molar-refractivity contribution in [2.45, 2.75) is 32.2 Å². The van der Waals surface area contributed by atoms with E-state index in [-0.39, 0.29) is 0 Å². The summed E-state index contributed by atoms with van der Waals surface area (Å²) in [5.74, 6) is 0.860. The van der Waals surface area contributed by atoms with Crippen LogP contribution < -0.4 is 0 Å². The second-order valence-corrected chi connectivity index (χ2v) is 5.13. The van der Waals surface area contributed by atoms with Gasteiger partial charge in [-0.15, -0.1) is 0 Å². The minimum absolute atomic E-state index is 0.362. The Morgan fingerprint density at radius 2 is 1.62 bits per heavy atom. The van der Waals surface area contributed by atoms with Gasteiger partial charge < -0.3 is 9.80 Å². The molecule has 1 aliphatic rings. The average Bonchev–Trinajstić information content (AvgIpc) is 2.04. The third-order valence-corrected chi connectivity index (χ3v) is 3.87. The fourth-order valence-corrected chi connectivity index (χ4v) is 2.08. The summed E-state index contributed by atoms with van der Waals surface area (Å²) in [5, 5.41) is 0. The third kappa shape index (κ3) is 2.44. The van der Waals surface area contributed by atoms with E-state index in [9.17, 15) is 0 Å². The van der Waals surface area contributed by atoms with Gasteiger partial charge in [-0.3, -0.25) is 0 Å². The average molecular weight is 184 g/mol. The van der Waals surface area contributed by atoms with E-state index in [0.717, 1.165) is 5.92 Å². The van der Waals surface area contributed by atoms with Gasteiger partial charge in [0.25, 0.3) is 0 Å². The number of likely N-dealkylation sites (tertiary alicyclic amines) is 1. The van der Waals surface area contributed by atoms with Crippen LogP contribution >= 0.6 is 0 Å². The topological polar surface area (TPSA) is 6.48 Å². The summed E-state index contributed by atoms with van der Waals surface area (Å²) in [4.78, 5) is 4.80. The van der Waals surface area contributed by atoms with Gasteiger partial charge in [0.15, 0.2) is 0 Å². The molecule has 0 radical (unpaired) electrons. The van der Waals surface area contributed by atoms with Crippen LogP contribution in [0, 0.1) is 5.92 Å². The highest BCUT2D eigenvalue weighted by Crippen LogP contribution is 2.30. The highest BCUT2D eigenvalue weighted by atomic mass is 15.2. The molecular formula is C11H24N2. The molecule has 0 bridgehead atoms. The highest BCUT2D eigenvalue weighted by Gasteiger charge is 2.33. The molecule has 0 spiro atoms. The van der Waals surface area contributed by atoms with E-state index in [2.05, 4.69) is 44.8 Å². The molecule has 0 aromatic carbocycles. The zero-order valence-electron chi connectivity index (χ0n) is 9.80. The van der Waals surface area contributed by atoms with Crippen molar-refractivity contribution in [1.29, 1.82) is 0 Å².